The molecule has 0 saturated heterocycles. The minimum atomic E-state index is 0.857. The first-order valence-electron chi connectivity index (χ1n) is 5.95. The van der Waals surface area contributed by atoms with Crippen LogP contribution in [-0.4, -0.2) is 12.6 Å². The summed E-state index contributed by atoms with van der Waals surface area (Å²) in [4.78, 5) is 0. The van der Waals surface area contributed by atoms with E-state index in [1.54, 1.807) is 0 Å². The molecule has 0 bridgehead atoms. The predicted molar refractivity (Wildman–Crippen MR) is 58.9 cm³/mol. The van der Waals surface area contributed by atoms with Crippen molar-refractivity contribution in [3.8, 4) is 0 Å². The molecule has 0 aromatic heterocycles. The molecule has 0 radical (unpaired) electrons. The van der Waals surface area contributed by atoms with E-state index in [0.29, 0.717) is 0 Å². The fourth-order valence-electron chi connectivity index (χ4n) is 1.92. The van der Waals surface area contributed by atoms with Gasteiger partial charge in [0.05, 0.1) is 0 Å². The maximum absolute atomic E-state index is 3.65. The van der Waals surface area contributed by atoms with E-state index in [1.165, 1.54) is 38.6 Å². The van der Waals surface area contributed by atoms with Crippen LogP contribution in [0.2, 0.25) is 0 Å². The summed E-state index contributed by atoms with van der Waals surface area (Å²) in [6.45, 7) is 8.25. The Hall–Kier alpha value is -0.0400. The summed E-state index contributed by atoms with van der Waals surface area (Å²) in [5, 5.41) is 3.65. The van der Waals surface area contributed by atoms with Crippen molar-refractivity contribution in [2.75, 3.05) is 6.54 Å². The monoisotopic (exact) mass is 183 g/mol. The first-order chi connectivity index (χ1) is 6.22. The minimum Gasteiger partial charge on any atom is -0.314 e. The Kier molecular flexibility index (Phi) is 4.79. The van der Waals surface area contributed by atoms with Crippen LogP contribution < -0.4 is 5.32 Å². The molecule has 1 aliphatic rings. The number of hydrogen-bond acceptors (Lipinski definition) is 1. The van der Waals surface area contributed by atoms with Crippen LogP contribution in [0.3, 0.4) is 0 Å². The van der Waals surface area contributed by atoms with Crippen LogP contribution >= 0.6 is 0 Å². The molecule has 13 heavy (non-hydrogen) atoms. The van der Waals surface area contributed by atoms with Gasteiger partial charge in [-0.15, -0.1) is 0 Å². The van der Waals surface area contributed by atoms with Gasteiger partial charge in [-0.3, -0.25) is 0 Å². The Bertz CT molecular complexity index is 129. The summed E-state index contributed by atoms with van der Waals surface area (Å²) < 4.78 is 0. The maximum atomic E-state index is 3.65. The second-order valence-electron chi connectivity index (χ2n) is 4.89. The second-order valence-corrected chi connectivity index (χ2v) is 4.89. The fourth-order valence-corrected chi connectivity index (χ4v) is 1.92. The Morgan fingerprint density at radius 3 is 2.38 bits per heavy atom. The van der Waals surface area contributed by atoms with E-state index in [0.717, 1.165) is 17.9 Å². The lowest BCUT2D eigenvalue weighted by Gasteiger charge is -2.28. The summed E-state index contributed by atoms with van der Waals surface area (Å²) in [5.74, 6) is 1.76. The average Bonchev–Trinajstić information content (AvgIpc) is 2.01. The Balaban J connectivity index is 1.99. The lowest BCUT2D eigenvalue weighted by atomic mass is 9.91. The van der Waals surface area contributed by atoms with Gasteiger partial charge in [-0.05, 0) is 37.6 Å². The third-order valence-electron chi connectivity index (χ3n) is 3.36. The minimum absolute atomic E-state index is 0.857. The first-order valence-corrected chi connectivity index (χ1v) is 5.95. The smallest absolute Gasteiger partial charge is 0.00671 e. The Morgan fingerprint density at radius 2 is 1.92 bits per heavy atom. The van der Waals surface area contributed by atoms with Gasteiger partial charge >= 0.3 is 0 Å². The summed E-state index contributed by atoms with van der Waals surface area (Å²) in [6, 6.07) is 0.861. The Morgan fingerprint density at radius 1 is 1.23 bits per heavy atom. The number of hydrogen-bond donors (Lipinski definition) is 1. The summed E-state index contributed by atoms with van der Waals surface area (Å²) in [6.07, 6.45) is 6.98. The van der Waals surface area contributed by atoms with Gasteiger partial charge in [-0.1, -0.05) is 33.6 Å². The molecule has 1 nitrogen and oxygen atoms in total. The molecular weight excluding hydrogens is 158 g/mol. The zero-order valence-electron chi connectivity index (χ0n) is 9.47. The number of nitrogens with one attached hydrogen (secondary N) is 1. The highest BCUT2D eigenvalue weighted by atomic mass is 14.9. The standard InChI is InChI=1S/C12H25N/c1-4-10(2)8-11(3)9-13-12-6-5-7-12/h10-13H,4-9H2,1-3H3. The normalized spacial score (nSPS) is 22.4. The van der Waals surface area contributed by atoms with Gasteiger partial charge in [-0.25, -0.2) is 0 Å². The van der Waals surface area contributed by atoms with E-state index in [2.05, 4.69) is 26.1 Å². The highest BCUT2D eigenvalue weighted by molar-refractivity contribution is 4.77. The van der Waals surface area contributed by atoms with Crippen molar-refractivity contribution in [1.29, 1.82) is 0 Å². The molecule has 78 valence electrons. The molecule has 0 spiro atoms. The van der Waals surface area contributed by atoms with Crippen LogP contribution in [0.1, 0.15) is 52.9 Å². The zero-order chi connectivity index (χ0) is 9.68. The molecule has 2 unspecified atom stereocenters. The van der Waals surface area contributed by atoms with Gasteiger partial charge in [0.1, 0.15) is 0 Å². The first kappa shape index (κ1) is 11.0. The molecular formula is C12H25N. The van der Waals surface area contributed by atoms with E-state index in [-0.39, 0.29) is 0 Å². The van der Waals surface area contributed by atoms with Crippen molar-refractivity contribution < 1.29 is 0 Å². The van der Waals surface area contributed by atoms with Crippen molar-refractivity contribution in [2.24, 2.45) is 11.8 Å². The summed E-state index contributed by atoms with van der Waals surface area (Å²) in [7, 11) is 0. The predicted octanol–water partition coefficient (Wildman–Crippen LogP) is 3.20. The van der Waals surface area contributed by atoms with Crippen molar-refractivity contribution in [3.05, 3.63) is 0 Å². The lowest BCUT2D eigenvalue weighted by molar-refractivity contribution is 0.302. The third-order valence-corrected chi connectivity index (χ3v) is 3.36. The molecule has 1 N–H and O–H groups in total. The Labute approximate surface area is 83.3 Å². The van der Waals surface area contributed by atoms with Gasteiger partial charge in [0.15, 0.2) is 0 Å². The topological polar surface area (TPSA) is 12.0 Å². The quantitative estimate of drug-likeness (QED) is 0.667. The van der Waals surface area contributed by atoms with Crippen LogP contribution in [0, 0.1) is 11.8 Å². The maximum Gasteiger partial charge on any atom is 0.00671 e. The van der Waals surface area contributed by atoms with Gasteiger partial charge in [0.2, 0.25) is 0 Å². The molecule has 0 heterocycles. The third kappa shape index (κ3) is 4.12. The molecule has 0 amide bonds. The molecule has 1 fully saturated rings. The van der Waals surface area contributed by atoms with Crippen LogP contribution in [0.4, 0.5) is 0 Å². The molecule has 1 aliphatic carbocycles. The van der Waals surface area contributed by atoms with Gasteiger partial charge in [0.25, 0.3) is 0 Å². The molecule has 1 heteroatoms. The highest BCUT2D eigenvalue weighted by Gasteiger charge is 2.17. The fraction of sp³-hybridized carbons (Fsp3) is 1.00. The molecule has 2 atom stereocenters. The summed E-state index contributed by atoms with van der Waals surface area (Å²) in [5.41, 5.74) is 0. The van der Waals surface area contributed by atoms with Gasteiger partial charge < -0.3 is 5.32 Å². The van der Waals surface area contributed by atoms with Crippen LogP contribution in [-0.2, 0) is 0 Å². The van der Waals surface area contributed by atoms with E-state index in [4.69, 9.17) is 0 Å². The zero-order valence-corrected chi connectivity index (χ0v) is 9.47. The van der Waals surface area contributed by atoms with Crippen LogP contribution in [0.5, 0.6) is 0 Å². The van der Waals surface area contributed by atoms with Crippen LogP contribution in [0.25, 0.3) is 0 Å². The van der Waals surface area contributed by atoms with Gasteiger partial charge in [-0.2, -0.15) is 0 Å². The molecule has 0 aromatic carbocycles. The van der Waals surface area contributed by atoms with Crippen molar-refractivity contribution >= 4 is 0 Å². The van der Waals surface area contributed by atoms with E-state index in [9.17, 15) is 0 Å². The molecule has 1 rings (SSSR count). The van der Waals surface area contributed by atoms with Gasteiger partial charge in [0, 0.05) is 6.04 Å². The van der Waals surface area contributed by atoms with E-state index in [1.807, 2.05) is 0 Å². The van der Waals surface area contributed by atoms with E-state index >= 15 is 0 Å². The summed E-state index contributed by atoms with van der Waals surface area (Å²) >= 11 is 0. The average molecular weight is 183 g/mol. The van der Waals surface area contributed by atoms with Crippen LogP contribution in [0.15, 0.2) is 0 Å². The largest absolute Gasteiger partial charge is 0.314 e. The number of rotatable bonds is 6. The molecule has 0 aliphatic heterocycles. The van der Waals surface area contributed by atoms with Crippen molar-refractivity contribution in [3.63, 3.8) is 0 Å². The van der Waals surface area contributed by atoms with Crippen molar-refractivity contribution in [1.82, 2.24) is 5.32 Å². The van der Waals surface area contributed by atoms with E-state index < -0.39 is 0 Å². The SMILES string of the molecule is CCC(C)CC(C)CNC1CCC1. The van der Waals surface area contributed by atoms with Crippen molar-refractivity contribution in [2.45, 2.75) is 58.9 Å². The second kappa shape index (κ2) is 5.64. The molecule has 0 aromatic rings. The highest BCUT2D eigenvalue weighted by Crippen LogP contribution is 2.19. The lowest BCUT2D eigenvalue weighted by Crippen LogP contribution is -2.37. The molecule has 1 saturated carbocycles.